The molecule has 6 nitrogen and oxygen atoms in total. The van der Waals surface area contributed by atoms with E-state index in [0.29, 0.717) is 31.5 Å². The molecule has 2 rings (SSSR count). The molecule has 21 heavy (non-hydrogen) atoms. The van der Waals surface area contributed by atoms with Gasteiger partial charge in [-0.3, -0.25) is 4.79 Å². The number of hydrogen-bond acceptors (Lipinski definition) is 4. The number of nitrogens with zero attached hydrogens (tertiary/aromatic N) is 2. The van der Waals surface area contributed by atoms with E-state index in [0.717, 1.165) is 0 Å². The number of aliphatic hydroxyl groups is 1. The Morgan fingerprint density at radius 3 is 2.43 bits per heavy atom. The lowest BCUT2D eigenvalue weighted by molar-refractivity contribution is -0.135. The fourth-order valence-electron chi connectivity index (χ4n) is 2.53. The Kier molecular flexibility index (Phi) is 4.47. The van der Waals surface area contributed by atoms with E-state index in [-0.39, 0.29) is 11.7 Å². The highest BCUT2D eigenvalue weighted by Gasteiger charge is 2.34. The predicted molar refractivity (Wildman–Crippen MR) is 79.0 cm³/mol. The minimum Gasteiger partial charge on any atom is -0.409 e. The molecule has 1 aromatic carbocycles. The Morgan fingerprint density at radius 2 is 1.90 bits per heavy atom. The van der Waals surface area contributed by atoms with Crippen LogP contribution in [0.5, 0.6) is 0 Å². The normalized spacial score (nSPS) is 20.1. The second-order valence-electron chi connectivity index (χ2n) is 5.69. The number of nitrogens with two attached hydrogens (primary N) is 1. The molecule has 6 heteroatoms. The molecule has 1 saturated heterocycles. The van der Waals surface area contributed by atoms with Gasteiger partial charge >= 0.3 is 0 Å². The largest absolute Gasteiger partial charge is 0.409 e. The van der Waals surface area contributed by atoms with Gasteiger partial charge in [-0.15, -0.1) is 0 Å². The zero-order valence-corrected chi connectivity index (χ0v) is 12.1. The summed E-state index contributed by atoms with van der Waals surface area (Å²) in [5.41, 5.74) is 5.68. The number of likely N-dealkylation sites (tertiary alicyclic amines) is 1. The zero-order chi connectivity index (χ0) is 15.5. The van der Waals surface area contributed by atoms with Gasteiger partial charge in [0.15, 0.2) is 5.84 Å². The van der Waals surface area contributed by atoms with Gasteiger partial charge in [-0.05, 0) is 25.3 Å². The molecule has 0 spiro atoms. The zero-order valence-electron chi connectivity index (χ0n) is 12.1. The maximum atomic E-state index is 12.7. The highest BCUT2D eigenvalue weighted by atomic mass is 16.4. The van der Waals surface area contributed by atoms with Crippen LogP contribution in [0.4, 0.5) is 0 Å². The fourth-order valence-corrected chi connectivity index (χ4v) is 2.53. The molecule has 4 N–H and O–H groups in total. The van der Waals surface area contributed by atoms with E-state index in [2.05, 4.69) is 5.16 Å². The lowest BCUT2D eigenvalue weighted by Gasteiger charge is -2.37. The van der Waals surface area contributed by atoms with Crippen molar-refractivity contribution in [2.75, 3.05) is 13.1 Å². The van der Waals surface area contributed by atoms with Crippen molar-refractivity contribution >= 4 is 11.7 Å². The third-order valence-electron chi connectivity index (χ3n) is 3.94. The molecular formula is C15H21N3O3. The van der Waals surface area contributed by atoms with Crippen molar-refractivity contribution in [3.05, 3.63) is 35.9 Å². The van der Waals surface area contributed by atoms with E-state index in [9.17, 15) is 9.90 Å². The number of benzene rings is 1. The molecule has 1 atom stereocenters. The van der Waals surface area contributed by atoms with E-state index < -0.39 is 11.5 Å². The maximum Gasteiger partial charge on any atom is 0.237 e. The van der Waals surface area contributed by atoms with Crippen LogP contribution in [0.15, 0.2) is 35.5 Å². The van der Waals surface area contributed by atoms with Crippen LogP contribution in [-0.2, 0) is 4.79 Å². The van der Waals surface area contributed by atoms with Crippen LogP contribution in [0, 0.1) is 0 Å². The van der Waals surface area contributed by atoms with E-state index in [1.807, 2.05) is 6.07 Å². The van der Waals surface area contributed by atoms with Crippen LogP contribution >= 0.6 is 0 Å². The monoisotopic (exact) mass is 291 g/mol. The standard InChI is InChI=1S/C15H21N3O3/c1-15(20)7-9-18(10-8-15)14(19)12(13(16)17-21)11-5-3-2-4-6-11/h2-6,12,20-21H,7-10H2,1H3,(H2,16,17). The summed E-state index contributed by atoms with van der Waals surface area (Å²) in [5, 5.41) is 21.9. The highest BCUT2D eigenvalue weighted by Crippen LogP contribution is 2.25. The number of amidine groups is 1. The topological polar surface area (TPSA) is 99.2 Å². The summed E-state index contributed by atoms with van der Waals surface area (Å²) < 4.78 is 0. The first-order valence-electron chi connectivity index (χ1n) is 6.98. The summed E-state index contributed by atoms with van der Waals surface area (Å²) >= 11 is 0. The van der Waals surface area contributed by atoms with E-state index >= 15 is 0 Å². The number of rotatable bonds is 3. The molecule has 0 saturated carbocycles. The summed E-state index contributed by atoms with van der Waals surface area (Å²) in [6, 6.07) is 9.01. The third-order valence-corrected chi connectivity index (χ3v) is 3.94. The van der Waals surface area contributed by atoms with Gasteiger partial charge in [-0.25, -0.2) is 0 Å². The number of amides is 1. The second-order valence-corrected chi connectivity index (χ2v) is 5.69. The van der Waals surface area contributed by atoms with Crippen molar-refractivity contribution in [2.24, 2.45) is 10.9 Å². The van der Waals surface area contributed by atoms with Gasteiger partial charge in [0.05, 0.1) is 5.60 Å². The molecular weight excluding hydrogens is 270 g/mol. The first-order valence-corrected chi connectivity index (χ1v) is 6.98. The van der Waals surface area contributed by atoms with Crippen molar-refractivity contribution in [2.45, 2.75) is 31.3 Å². The summed E-state index contributed by atoms with van der Waals surface area (Å²) in [6.07, 6.45) is 1.05. The van der Waals surface area contributed by atoms with Crippen molar-refractivity contribution in [3.63, 3.8) is 0 Å². The van der Waals surface area contributed by atoms with Crippen molar-refractivity contribution < 1.29 is 15.1 Å². The first kappa shape index (κ1) is 15.3. The van der Waals surface area contributed by atoms with Gasteiger partial charge < -0.3 is 20.9 Å². The molecule has 1 amide bonds. The maximum absolute atomic E-state index is 12.7. The van der Waals surface area contributed by atoms with Gasteiger partial charge in [0.2, 0.25) is 5.91 Å². The van der Waals surface area contributed by atoms with Crippen molar-refractivity contribution in [1.82, 2.24) is 4.90 Å². The summed E-state index contributed by atoms with van der Waals surface area (Å²) in [5.74, 6) is -1.12. The highest BCUT2D eigenvalue weighted by molar-refractivity contribution is 6.07. The van der Waals surface area contributed by atoms with E-state index in [1.165, 1.54) is 0 Å². The predicted octanol–water partition coefficient (Wildman–Crippen LogP) is 0.890. The molecule has 1 aliphatic heterocycles. The SMILES string of the molecule is CC1(O)CCN(C(=O)C(/C(N)=N/O)c2ccccc2)CC1. The lowest BCUT2D eigenvalue weighted by Crippen LogP contribution is -2.48. The summed E-state index contributed by atoms with van der Waals surface area (Å²) in [7, 11) is 0. The second kappa shape index (κ2) is 6.13. The molecule has 1 heterocycles. The Balaban J connectivity index is 2.20. The summed E-state index contributed by atoms with van der Waals surface area (Å²) in [6.45, 7) is 2.70. The van der Waals surface area contributed by atoms with Crippen LogP contribution in [0.3, 0.4) is 0 Å². The van der Waals surface area contributed by atoms with Crippen LogP contribution < -0.4 is 5.73 Å². The minimum atomic E-state index is -0.792. The number of oxime groups is 1. The number of carbonyl (C=O) groups excluding carboxylic acids is 1. The van der Waals surface area contributed by atoms with Gasteiger partial charge in [-0.2, -0.15) is 0 Å². The third kappa shape index (κ3) is 3.52. The average Bonchev–Trinajstić information content (AvgIpc) is 2.48. The quantitative estimate of drug-likeness (QED) is 0.333. The molecule has 1 fully saturated rings. The first-order chi connectivity index (χ1) is 9.94. The molecule has 1 aromatic rings. The lowest BCUT2D eigenvalue weighted by atomic mass is 9.91. The number of piperidine rings is 1. The number of hydrogen-bond donors (Lipinski definition) is 3. The molecule has 0 bridgehead atoms. The van der Waals surface area contributed by atoms with E-state index in [4.69, 9.17) is 10.9 Å². The fraction of sp³-hybridized carbons (Fsp3) is 0.467. The van der Waals surface area contributed by atoms with Crippen LogP contribution in [0.25, 0.3) is 0 Å². The van der Waals surface area contributed by atoms with Gasteiger partial charge in [0, 0.05) is 13.1 Å². The van der Waals surface area contributed by atoms with Crippen molar-refractivity contribution in [1.29, 1.82) is 0 Å². The molecule has 1 aliphatic rings. The van der Waals surface area contributed by atoms with Crippen LogP contribution in [-0.4, -0.2) is 45.6 Å². The van der Waals surface area contributed by atoms with Crippen LogP contribution in [0.1, 0.15) is 31.2 Å². The van der Waals surface area contributed by atoms with Gasteiger partial charge in [0.25, 0.3) is 0 Å². The van der Waals surface area contributed by atoms with Gasteiger partial charge in [-0.1, -0.05) is 35.5 Å². The Hall–Kier alpha value is -2.08. The minimum absolute atomic E-state index is 0.122. The Labute approximate surface area is 123 Å². The van der Waals surface area contributed by atoms with Crippen molar-refractivity contribution in [3.8, 4) is 0 Å². The molecule has 0 aromatic heterocycles. The molecule has 114 valence electrons. The van der Waals surface area contributed by atoms with E-state index in [1.54, 1.807) is 36.1 Å². The van der Waals surface area contributed by atoms with Crippen LogP contribution in [0.2, 0.25) is 0 Å². The number of carbonyl (C=O) groups is 1. The average molecular weight is 291 g/mol. The Bertz CT molecular complexity index is 518. The summed E-state index contributed by atoms with van der Waals surface area (Å²) in [4.78, 5) is 14.3. The Morgan fingerprint density at radius 1 is 1.33 bits per heavy atom. The molecule has 0 radical (unpaired) electrons. The molecule has 0 aliphatic carbocycles. The smallest absolute Gasteiger partial charge is 0.237 e. The van der Waals surface area contributed by atoms with Gasteiger partial charge in [0.1, 0.15) is 5.92 Å². The molecule has 1 unspecified atom stereocenters.